The van der Waals surface area contributed by atoms with Gasteiger partial charge in [-0.05, 0) is 12.8 Å². The zero-order chi connectivity index (χ0) is 8.32. The van der Waals surface area contributed by atoms with Gasteiger partial charge < -0.3 is 10.5 Å². The Labute approximate surface area is 64.7 Å². The van der Waals surface area contributed by atoms with Crippen molar-refractivity contribution in [1.82, 2.24) is 0 Å². The van der Waals surface area contributed by atoms with Crippen LogP contribution in [0.4, 0.5) is 8.78 Å². The molecule has 0 saturated carbocycles. The molecule has 4 heteroatoms. The molecule has 0 aromatic heterocycles. The van der Waals surface area contributed by atoms with Gasteiger partial charge in [-0.2, -0.15) is 0 Å². The van der Waals surface area contributed by atoms with Crippen LogP contribution in [0.25, 0.3) is 0 Å². The van der Waals surface area contributed by atoms with Crippen LogP contribution in [-0.2, 0) is 4.74 Å². The van der Waals surface area contributed by atoms with E-state index in [2.05, 4.69) is 0 Å². The molecule has 2 N–H and O–H groups in total. The molecule has 0 aromatic carbocycles. The maximum absolute atomic E-state index is 12.9. The summed E-state index contributed by atoms with van der Waals surface area (Å²) in [5.74, 6) is -3.26. The van der Waals surface area contributed by atoms with Crippen molar-refractivity contribution in [3.8, 4) is 0 Å². The van der Waals surface area contributed by atoms with Crippen LogP contribution in [0.1, 0.15) is 12.8 Å². The summed E-state index contributed by atoms with van der Waals surface area (Å²) in [5.41, 5.74) is 4.95. The van der Waals surface area contributed by atoms with Crippen molar-refractivity contribution < 1.29 is 13.5 Å². The molecule has 11 heavy (non-hydrogen) atoms. The van der Waals surface area contributed by atoms with Crippen molar-refractivity contribution in [3.05, 3.63) is 0 Å². The normalized spacial score (nSPS) is 22.1. The van der Waals surface area contributed by atoms with Gasteiger partial charge in [0, 0.05) is 19.1 Å². The van der Waals surface area contributed by atoms with E-state index in [1.807, 2.05) is 0 Å². The van der Waals surface area contributed by atoms with E-state index in [1.165, 1.54) is 0 Å². The highest BCUT2D eigenvalue weighted by atomic mass is 19.3. The number of hydrogen-bond acceptors (Lipinski definition) is 2. The molecule has 0 aromatic rings. The highest BCUT2D eigenvalue weighted by molar-refractivity contribution is 4.79. The molecular formula is C7H13F2NO. The van der Waals surface area contributed by atoms with E-state index in [0.717, 1.165) is 0 Å². The van der Waals surface area contributed by atoms with Gasteiger partial charge in [0.2, 0.25) is 0 Å². The van der Waals surface area contributed by atoms with Gasteiger partial charge in [-0.25, -0.2) is 8.78 Å². The van der Waals surface area contributed by atoms with Crippen LogP contribution in [0.15, 0.2) is 0 Å². The van der Waals surface area contributed by atoms with Crippen LogP contribution in [-0.4, -0.2) is 25.7 Å². The van der Waals surface area contributed by atoms with Gasteiger partial charge in [-0.1, -0.05) is 0 Å². The molecule has 2 nitrogen and oxygen atoms in total. The lowest BCUT2D eigenvalue weighted by Crippen LogP contribution is -2.39. The Kier molecular flexibility index (Phi) is 2.78. The van der Waals surface area contributed by atoms with Crippen molar-refractivity contribution in [2.45, 2.75) is 18.8 Å². The summed E-state index contributed by atoms with van der Waals surface area (Å²) in [6, 6.07) is 0. The number of ether oxygens (including phenoxy) is 1. The van der Waals surface area contributed by atoms with Crippen LogP contribution in [0.5, 0.6) is 0 Å². The lowest BCUT2D eigenvalue weighted by molar-refractivity contribution is -0.0884. The maximum Gasteiger partial charge on any atom is 0.263 e. The Hall–Kier alpha value is -0.220. The minimum absolute atomic E-state index is 0.435. The fourth-order valence-corrected chi connectivity index (χ4v) is 1.29. The monoisotopic (exact) mass is 165 g/mol. The molecular weight excluding hydrogens is 152 g/mol. The minimum atomic E-state index is -2.69. The van der Waals surface area contributed by atoms with Gasteiger partial charge in [0.1, 0.15) is 0 Å². The zero-order valence-corrected chi connectivity index (χ0v) is 6.35. The fraction of sp³-hybridized carbons (Fsp3) is 1.00. The molecule has 0 unspecified atom stereocenters. The number of nitrogens with two attached hydrogens (primary N) is 1. The van der Waals surface area contributed by atoms with E-state index < -0.39 is 18.4 Å². The average Bonchev–Trinajstić information content (AvgIpc) is 2.06. The van der Waals surface area contributed by atoms with Crippen LogP contribution in [0.3, 0.4) is 0 Å². The zero-order valence-electron chi connectivity index (χ0n) is 6.35. The second kappa shape index (κ2) is 3.45. The Morgan fingerprint density at radius 3 is 2.36 bits per heavy atom. The van der Waals surface area contributed by atoms with E-state index in [4.69, 9.17) is 10.5 Å². The fourth-order valence-electron chi connectivity index (χ4n) is 1.29. The predicted octanol–water partition coefficient (Wildman–Crippen LogP) is 1.01. The Morgan fingerprint density at radius 1 is 1.36 bits per heavy atom. The van der Waals surface area contributed by atoms with Gasteiger partial charge in [0.15, 0.2) is 0 Å². The Morgan fingerprint density at radius 2 is 1.91 bits per heavy atom. The predicted molar refractivity (Wildman–Crippen MR) is 37.5 cm³/mol. The smallest absolute Gasteiger partial charge is 0.263 e. The quantitative estimate of drug-likeness (QED) is 0.662. The third-order valence-electron chi connectivity index (χ3n) is 2.09. The highest BCUT2D eigenvalue weighted by Crippen LogP contribution is 2.31. The summed E-state index contributed by atoms with van der Waals surface area (Å²) < 4.78 is 30.7. The van der Waals surface area contributed by atoms with Crippen LogP contribution in [0.2, 0.25) is 0 Å². The third kappa shape index (κ3) is 2.10. The second-order valence-electron chi connectivity index (χ2n) is 2.85. The average molecular weight is 165 g/mol. The first-order valence-electron chi connectivity index (χ1n) is 3.82. The van der Waals surface area contributed by atoms with Crippen molar-refractivity contribution in [1.29, 1.82) is 0 Å². The molecule has 1 aliphatic heterocycles. The molecule has 0 spiro atoms. The number of alkyl halides is 2. The number of halogens is 2. The van der Waals surface area contributed by atoms with Crippen molar-refractivity contribution in [2.75, 3.05) is 19.8 Å². The Balaban J connectivity index is 2.43. The first-order valence-corrected chi connectivity index (χ1v) is 3.82. The highest BCUT2D eigenvalue weighted by Gasteiger charge is 2.38. The molecule has 0 bridgehead atoms. The summed E-state index contributed by atoms with van der Waals surface area (Å²) in [6.07, 6.45) is 0.869. The van der Waals surface area contributed by atoms with Gasteiger partial charge in [0.05, 0.1) is 6.54 Å². The summed E-state index contributed by atoms with van der Waals surface area (Å²) >= 11 is 0. The van der Waals surface area contributed by atoms with E-state index >= 15 is 0 Å². The van der Waals surface area contributed by atoms with E-state index in [0.29, 0.717) is 26.1 Å². The second-order valence-corrected chi connectivity index (χ2v) is 2.85. The summed E-state index contributed by atoms with van der Waals surface area (Å²) in [5, 5.41) is 0. The van der Waals surface area contributed by atoms with E-state index in [1.54, 1.807) is 0 Å². The van der Waals surface area contributed by atoms with Gasteiger partial charge in [-0.15, -0.1) is 0 Å². The summed E-state index contributed by atoms with van der Waals surface area (Å²) in [4.78, 5) is 0. The molecule has 0 amide bonds. The maximum atomic E-state index is 12.9. The van der Waals surface area contributed by atoms with Gasteiger partial charge >= 0.3 is 0 Å². The van der Waals surface area contributed by atoms with Crippen molar-refractivity contribution in [3.63, 3.8) is 0 Å². The van der Waals surface area contributed by atoms with Gasteiger partial charge in [0.25, 0.3) is 5.92 Å². The number of hydrogen-bond donors (Lipinski definition) is 1. The van der Waals surface area contributed by atoms with E-state index in [9.17, 15) is 8.78 Å². The topological polar surface area (TPSA) is 35.2 Å². The van der Waals surface area contributed by atoms with Crippen molar-refractivity contribution >= 4 is 0 Å². The third-order valence-corrected chi connectivity index (χ3v) is 2.09. The molecule has 1 heterocycles. The molecule has 1 rings (SSSR count). The minimum Gasteiger partial charge on any atom is -0.381 e. The van der Waals surface area contributed by atoms with Crippen molar-refractivity contribution in [2.24, 2.45) is 11.7 Å². The molecule has 1 aliphatic rings. The van der Waals surface area contributed by atoms with Crippen LogP contribution in [0, 0.1) is 5.92 Å². The molecule has 0 atom stereocenters. The SMILES string of the molecule is NCC(F)(F)C1CCOCC1. The van der Waals surface area contributed by atoms with E-state index in [-0.39, 0.29) is 0 Å². The molecule has 1 fully saturated rings. The Bertz CT molecular complexity index is 124. The molecule has 0 radical (unpaired) electrons. The summed E-state index contributed by atoms with van der Waals surface area (Å²) in [7, 11) is 0. The lowest BCUT2D eigenvalue weighted by atomic mass is 9.93. The number of rotatable bonds is 2. The lowest BCUT2D eigenvalue weighted by Gasteiger charge is -2.28. The standard InChI is InChI=1S/C7H13F2NO/c8-7(9,5-10)6-1-3-11-4-2-6/h6H,1-5,10H2. The first kappa shape index (κ1) is 8.87. The van der Waals surface area contributed by atoms with Crippen LogP contribution < -0.4 is 5.73 Å². The van der Waals surface area contributed by atoms with Crippen LogP contribution >= 0.6 is 0 Å². The molecule has 0 aliphatic carbocycles. The largest absolute Gasteiger partial charge is 0.381 e. The first-order chi connectivity index (χ1) is 5.17. The van der Waals surface area contributed by atoms with Gasteiger partial charge in [-0.3, -0.25) is 0 Å². The molecule has 1 saturated heterocycles. The molecule has 66 valence electrons. The summed E-state index contributed by atoms with van der Waals surface area (Å²) in [6.45, 7) is 0.345.